The van der Waals surface area contributed by atoms with Crippen LogP contribution >= 0.6 is 0 Å². The summed E-state index contributed by atoms with van der Waals surface area (Å²) in [5, 5.41) is 11.9. The highest BCUT2D eigenvalue weighted by molar-refractivity contribution is 5.16. The number of nitrogens with one attached hydrogen (secondary N) is 1. The Bertz CT molecular complexity index is 445. The number of hydrazine groups is 1. The summed E-state index contributed by atoms with van der Waals surface area (Å²) in [6.07, 6.45) is 0.169. The lowest BCUT2D eigenvalue weighted by atomic mass is 10.2. The Morgan fingerprint density at radius 1 is 0.900 bits per heavy atom. The maximum atomic E-state index is 9.83. The van der Waals surface area contributed by atoms with Gasteiger partial charge in [-0.3, -0.25) is 0 Å². The van der Waals surface area contributed by atoms with Crippen molar-refractivity contribution in [2.45, 2.75) is 32.7 Å². The molecule has 2 aromatic carbocycles. The third-order valence-corrected chi connectivity index (χ3v) is 3.15. The number of benzene rings is 2. The molecule has 0 fully saturated rings. The second kappa shape index (κ2) is 7.80. The highest BCUT2D eigenvalue weighted by Gasteiger charge is 2.10. The van der Waals surface area contributed by atoms with E-state index in [0.717, 1.165) is 13.1 Å². The van der Waals surface area contributed by atoms with Crippen LogP contribution in [-0.4, -0.2) is 16.3 Å². The van der Waals surface area contributed by atoms with Gasteiger partial charge < -0.3 is 5.11 Å². The van der Waals surface area contributed by atoms with E-state index in [9.17, 15) is 5.11 Å². The zero-order valence-electron chi connectivity index (χ0n) is 11.9. The van der Waals surface area contributed by atoms with Gasteiger partial charge in [0.05, 0.1) is 0 Å². The first kappa shape index (κ1) is 14.7. The average molecular weight is 270 g/mol. The fourth-order valence-corrected chi connectivity index (χ4v) is 2.06. The van der Waals surface area contributed by atoms with Gasteiger partial charge in [0.15, 0.2) is 0 Å². The number of hydrogen-bond acceptors (Lipinski definition) is 3. The maximum absolute atomic E-state index is 9.83. The topological polar surface area (TPSA) is 35.5 Å². The van der Waals surface area contributed by atoms with Crippen molar-refractivity contribution in [2.24, 2.45) is 0 Å². The third kappa shape index (κ3) is 4.78. The third-order valence-electron chi connectivity index (χ3n) is 3.15. The zero-order chi connectivity index (χ0) is 14.2. The molecule has 3 nitrogen and oxygen atoms in total. The summed E-state index contributed by atoms with van der Waals surface area (Å²) in [7, 11) is 0. The van der Waals surface area contributed by atoms with Gasteiger partial charge in [0.1, 0.15) is 6.23 Å². The summed E-state index contributed by atoms with van der Waals surface area (Å²) < 4.78 is 0. The summed E-state index contributed by atoms with van der Waals surface area (Å²) in [5.41, 5.74) is 5.60. The molecule has 0 aliphatic rings. The molecule has 0 spiro atoms. The summed E-state index contributed by atoms with van der Waals surface area (Å²) in [6.45, 7) is 3.47. The highest BCUT2D eigenvalue weighted by atomic mass is 16.3. The van der Waals surface area contributed by atoms with Crippen LogP contribution in [0.5, 0.6) is 0 Å². The quantitative estimate of drug-likeness (QED) is 0.600. The molecule has 0 heterocycles. The molecular weight excluding hydrogens is 248 g/mol. The van der Waals surface area contributed by atoms with Crippen LogP contribution in [0.15, 0.2) is 60.7 Å². The van der Waals surface area contributed by atoms with Gasteiger partial charge in [-0.15, -0.1) is 0 Å². The summed E-state index contributed by atoms with van der Waals surface area (Å²) in [6, 6.07) is 20.5. The molecule has 0 aliphatic carbocycles. The van der Waals surface area contributed by atoms with Crippen LogP contribution in [0.1, 0.15) is 24.5 Å². The van der Waals surface area contributed by atoms with Crippen LogP contribution in [0, 0.1) is 0 Å². The minimum absolute atomic E-state index is 0.512. The van der Waals surface area contributed by atoms with Crippen molar-refractivity contribution in [3.8, 4) is 0 Å². The average Bonchev–Trinajstić information content (AvgIpc) is 2.49. The molecule has 0 radical (unpaired) electrons. The Morgan fingerprint density at radius 3 is 1.75 bits per heavy atom. The van der Waals surface area contributed by atoms with Gasteiger partial charge in [-0.2, -0.15) is 0 Å². The van der Waals surface area contributed by atoms with Gasteiger partial charge in [0, 0.05) is 13.1 Å². The highest BCUT2D eigenvalue weighted by Crippen LogP contribution is 2.08. The van der Waals surface area contributed by atoms with E-state index in [1.165, 1.54) is 11.1 Å². The van der Waals surface area contributed by atoms with Crippen molar-refractivity contribution < 1.29 is 5.11 Å². The zero-order valence-corrected chi connectivity index (χ0v) is 11.9. The van der Waals surface area contributed by atoms with E-state index in [-0.39, 0.29) is 0 Å². The number of nitrogens with zero attached hydrogens (tertiary/aromatic N) is 1. The van der Waals surface area contributed by atoms with Crippen LogP contribution in [0.4, 0.5) is 0 Å². The monoisotopic (exact) mass is 270 g/mol. The number of aliphatic hydroxyl groups is 1. The first-order valence-corrected chi connectivity index (χ1v) is 7.05. The standard InChI is InChI=1S/C17H22N2O/c1-2-17(20)18-19(13-15-9-5-3-6-10-15)14-16-11-7-4-8-12-16/h3-12,17-18,20H,2,13-14H2,1H3. The molecule has 2 rings (SSSR count). The number of aliphatic hydroxyl groups excluding tert-OH is 1. The van der Waals surface area contributed by atoms with Gasteiger partial charge >= 0.3 is 0 Å². The minimum atomic E-state index is -0.512. The molecular formula is C17H22N2O. The Balaban J connectivity index is 2.04. The molecule has 106 valence electrons. The van der Waals surface area contributed by atoms with Crippen molar-refractivity contribution in [1.29, 1.82) is 0 Å². The molecule has 0 bridgehead atoms. The molecule has 0 aromatic heterocycles. The van der Waals surface area contributed by atoms with E-state index in [0.29, 0.717) is 6.42 Å². The minimum Gasteiger partial charge on any atom is -0.377 e. The van der Waals surface area contributed by atoms with E-state index in [1.807, 2.05) is 43.3 Å². The van der Waals surface area contributed by atoms with Gasteiger partial charge in [0.25, 0.3) is 0 Å². The molecule has 1 unspecified atom stereocenters. The number of rotatable bonds is 7. The lowest BCUT2D eigenvalue weighted by molar-refractivity contribution is 0.0227. The predicted octanol–water partition coefficient (Wildman–Crippen LogP) is 2.92. The van der Waals surface area contributed by atoms with Gasteiger partial charge in [0.2, 0.25) is 0 Å². The van der Waals surface area contributed by atoms with E-state index >= 15 is 0 Å². The fraction of sp³-hybridized carbons (Fsp3) is 0.294. The van der Waals surface area contributed by atoms with Crippen LogP contribution in [0.2, 0.25) is 0 Å². The molecule has 0 saturated carbocycles. The van der Waals surface area contributed by atoms with E-state index < -0.39 is 6.23 Å². The molecule has 1 atom stereocenters. The SMILES string of the molecule is CCC(O)NN(Cc1ccccc1)Cc1ccccc1. The molecule has 0 aliphatic heterocycles. The fourth-order valence-electron chi connectivity index (χ4n) is 2.06. The lowest BCUT2D eigenvalue weighted by Gasteiger charge is -2.26. The van der Waals surface area contributed by atoms with Crippen molar-refractivity contribution in [3.63, 3.8) is 0 Å². The first-order chi connectivity index (χ1) is 9.78. The second-order valence-electron chi connectivity index (χ2n) is 4.88. The maximum Gasteiger partial charge on any atom is 0.117 e. The Labute approximate surface area is 120 Å². The van der Waals surface area contributed by atoms with Gasteiger partial charge in [-0.05, 0) is 17.5 Å². The smallest absolute Gasteiger partial charge is 0.117 e. The molecule has 0 saturated heterocycles. The van der Waals surface area contributed by atoms with Crippen molar-refractivity contribution in [1.82, 2.24) is 10.4 Å². The molecule has 3 heteroatoms. The Kier molecular flexibility index (Phi) is 5.74. The predicted molar refractivity (Wildman–Crippen MR) is 81.6 cm³/mol. The second-order valence-corrected chi connectivity index (χ2v) is 4.88. The molecule has 0 amide bonds. The van der Waals surface area contributed by atoms with Gasteiger partial charge in [-0.25, -0.2) is 10.4 Å². The van der Waals surface area contributed by atoms with Crippen LogP contribution in [0.25, 0.3) is 0 Å². The first-order valence-electron chi connectivity index (χ1n) is 7.05. The van der Waals surface area contributed by atoms with E-state index in [4.69, 9.17) is 0 Å². The van der Waals surface area contributed by atoms with E-state index in [2.05, 4.69) is 34.7 Å². The lowest BCUT2D eigenvalue weighted by Crippen LogP contribution is -2.43. The van der Waals surface area contributed by atoms with Crippen molar-refractivity contribution in [3.05, 3.63) is 71.8 Å². The van der Waals surface area contributed by atoms with Crippen LogP contribution in [0.3, 0.4) is 0 Å². The van der Waals surface area contributed by atoms with E-state index in [1.54, 1.807) is 0 Å². The molecule has 20 heavy (non-hydrogen) atoms. The number of hydrogen-bond donors (Lipinski definition) is 2. The summed E-state index contributed by atoms with van der Waals surface area (Å²) in [5.74, 6) is 0. The summed E-state index contributed by atoms with van der Waals surface area (Å²) in [4.78, 5) is 0. The normalized spacial score (nSPS) is 12.6. The van der Waals surface area contributed by atoms with Crippen LogP contribution in [-0.2, 0) is 13.1 Å². The van der Waals surface area contributed by atoms with Crippen molar-refractivity contribution >= 4 is 0 Å². The van der Waals surface area contributed by atoms with Crippen molar-refractivity contribution in [2.75, 3.05) is 0 Å². The Morgan fingerprint density at radius 2 is 1.35 bits per heavy atom. The summed E-state index contributed by atoms with van der Waals surface area (Å²) >= 11 is 0. The Hall–Kier alpha value is -1.68. The molecule has 2 aromatic rings. The van der Waals surface area contributed by atoms with Gasteiger partial charge in [-0.1, -0.05) is 67.6 Å². The largest absolute Gasteiger partial charge is 0.377 e. The molecule has 2 N–H and O–H groups in total. The van der Waals surface area contributed by atoms with Crippen LogP contribution < -0.4 is 5.43 Å².